The molecule has 0 saturated heterocycles. The molecule has 0 aliphatic carbocycles. The molecule has 0 bridgehead atoms. The van der Waals surface area contributed by atoms with Gasteiger partial charge in [-0.1, -0.05) is 19.0 Å². The maximum Gasteiger partial charge on any atom is 0.229 e. The van der Waals surface area contributed by atoms with Gasteiger partial charge in [0.05, 0.1) is 12.6 Å². The van der Waals surface area contributed by atoms with Gasteiger partial charge in [0.15, 0.2) is 5.82 Å². The van der Waals surface area contributed by atoms with Crippen molar-refractivity contribution in [2.75, 3.05) is 0 Å². The Balaban J connectivity index is 1.90. The summed E-state index contributed by atoms with van der Waals surface area (Å²) in [5.74, 6) is 1.65. The smallest absolute Gasteiger partial charge is 0.229 e. The third-order valence-corrected chi connectivity index (χ3v) is 3.65. The van der Waals surface area contributed by atoms with Gasteiger partial charge in [-0.2, -0.15) is 4.98 Å². The summed E-state index contributed by atoms with van der Waals surface area (Å²) in [6, 6.07) is 0.199. The van der Waals surface area contributed by atoms with E-state index >= 15 is 0 Å². The largest absolute Gasteiger partial charge is 0.339 e. The van der Waals surface area contributed by atoms with Crippen LogP contribution in [-0.2, 0) is 6.54 Å². The summed E-state index contributed by atoms with van der Waals surface area (Å²) in [7, 11) is 0. The highest BCUT2D eigenvalue weighted by Gasteiger charge is 2.12. The van der Waals surface area contributed by atoms with E-state index in [1.807, 2.05) is 20.0 Å². The van der Waals surface area contributed by atoms with Crippen LogP contribution in [-0.4, -0.2) is 15.1 Å². The molecule has 1 atom stereocenters. The van der Waals surface area contributed by atoms with Crippen molar-refractivity contribution < 1.29 is 4.52 Å². The van der Waals surface area contributed by atoms with Crippen LogP contribution < -0.4 is 5.32 Å². The van der Waals surface area contributed by atoms with Crippen molar-refractivity contribution in [1.82, 2.24) is 20.4 Å². The lowest BCUT2D eigenvalue weighted by Crippen LogP contribution is -2.18. The highest BCUT2D eigenvalue weighted by atomic mass is 32.1. The molecule has 0 saturated carbocycles. The molecule has 0 fully saturated rings. The minimum Gasteiger partial charge on any atom is -0.339 e. The average molecular weight is 266 g/mol. The lowest BCUT2D eigenvalue weighted by molar-refractivity contribution is 0.358. The SMILES string of the molecule is Cc1cnc([C@H](C)NCc2noc(C(C)C)n2)s1. The van der Waals surface area contributed by atoms with Gasteiger partial charge in [-0.15, -0.1) is 11.3 Å². The molecular weight excluding hydrogens is 248 g/mol. The van der Waals surface area contributed by atoms with E-state index in [2.05, 4.69) is 34.3 Å². The predicted octanol–water partition coefficient (Wildman–Crippen LogP) is 2.81. The monoisotopic (exact) mass is 266 g/mol. The number of thiazole rings is 1. The van der Waals surface area contributed by atoms with Crippen molar-refractivity contribution >= 4 is 11.3 Å². The van der Waals surface area contributed by atoms with E-state index in [0.717, 1.165) is 5.01 Å². The van der Waals surface area contributed by atoms with E-state index in [4.69, 9.17) is 4.52 Å². The molecule has 2 heterocycles. The fourth-order valence-corrected chi connectivity index (χ4v) is 2.28. The van der Waals surface area contributed by atoms with Gasteiger partial charge < -0.3 is 9.84 Å². The standard InChI is InChI=1S/C12H18N4OS/c1-7(2)11-15-10(16-17-11)6-13-9(4)12-14-5-8(3)18-12/h5,7,9,13H,6H2,1-4H3/t9-/m0/s1. The van der Waals surface area contributed by atoms with Crippen LogP contribution in [0.25, 0.3) is 0 Å². The van der Waals surface area contributed by atoms with Crippen LogP contribution in [0.15, 0.2) is 10.7 Å². The van der Waals surface area contributed by atoms with E-state index in [0.29, 0.717) is 18.3 Å². The van der Waals surface area contributed by atoms with Crippen LogP contribution in [0.3, 0.4) is 0 Å². The molecule has 5 nitrogen and oxygen atoms in total. The van der Waals surface area contributed by atoms with Crippen molar-refractivity contribution in [3.05, 3.63) is 27.8 Å². The van der Waals surface area contributed by atoms with Crippen molar-refractivity contribution in [3.8, 4) is 0 Å². The summed E-state index contributed by atoms with van der Waals surface area (Å²) >= 11 is 1.70. The summed E-state index contributed by atoms with van der Waals surface area (Å²) in [5.41, 5.74) is 0. The van der Waals surface area contributed by atoms with Crippen LogP contribution in [0, 0.1) is 6.92 Å². The van der Waals surface area contributed by atoms with Gasteiger partial charge in [0, 0.05) is 17.0 Å². The zero-order valence-electron chi connectivity index (χ0n) is 11.1. The molecule has 0 spiro atoms. The number of aromatic nitrogens is 3. The van der Waals surface area contributed by atoms with Crippen molar-refractivity contribution in [2.45, 2.75) is 46.2 Å². The Morgan fingerprint density at radius 3 is 2.72 bits per heavy atom. The van der Waals surface area contributed by atoms with Gasteiger partial charge in [-0.3, -0.25) is 0 Å². The topological polar surface area (TPSA) is 63.8 Å². The van der Waals surface area contributed by atoms with Crippen LogP contribution in [0.2, 0.25) is 0 Å². The summed E-state index contributed by atoms with van der Waals surface area (Å²) in [6.45, 7) is 8.80. The highest BCUT2D eigenvalue weighted by molar-refractivity contribution is 7.11. The van der Waals surface area contributed by atoms with Crippen molar-refractivity contribution in [3.63, 3.8) is 0 Å². The number of nitrogens with one attached hydrogen (secondary N) is 1. The van der Waals surface area contributed by atoms with E-state index in [1.54, 1.807) is 11.3 Å². The van der Waals surface area contributed by atoms with Gasteiger partial charge in [-0.25, -0.2) is 4.98 Å². The maximum absolute atomic E-state index is 5.15. The molecule has 0 radical (unpaired) electrons. The number of rotatable bonds is 5. The second-order valence-corrected chi connectivity index (χ2v) is 5.88. The first kappa shape index (κ1) is 13.2. The Labute approximate surface area is 111 Å². The summed E-state index contributed by atoms with van der Waals surface area (Å²) in [6.07, 6.45) is 1.89. The Kier molecular flexibility index (Phi) is 4.08. The molecule has 98 valence electrons. The summed E-state index contributed by atoms with van der Waals surface area (Å²) < 4.78 is 5.15. The number of hydrogen-bond donors (Lipinski definition) is 1. The van der Waals surface area contributed by atoms with Gasteiger partial charge in [-0.05, 0) is 13.8 Å². The fourth-order valence-electron chi connectivity index (χ4n) is 1.48. The van der Waals surface area contributed by atoms with Crippen LogP contribution in [0.5, 0.6) is 0 Å². The first-order valence-electron chi connectivity index (χ1n) is 6.04. The molecule has 2 aromatic rings. The maximum atomic E-state index is 5.15. The minimum atomic E-state index is 0.199. The van der Waals surface area contributed by atoms with Gasteiger partial charge in [0.25, 0.3) is 0 Å². The number of nitrogens with zero attached hydrogens (tertiary/aromatic N) is 3. The van der Waals surface area contributed by atoms with Crippen LogP contribution in [0.4, 0.5) is 0 Å². The minimum absolute atomic E-state index is 0.199. The Morgan fingerprint density at radius 1 is 1.39 bits per heavy atom. The first-order valence-corrected chi connectivity index (χ1v) is 6.86. The quantitative estimate of drug-likeness (QED) is 0.901. The molecule has 2 rings (SSSR count). The molecule has 6 heteroatoms. The fraction of sp³-hybridized carbons (Fsp3) is 0.583. The molecule has 0 unspecified atom stereocenters. The van der Waals surface area contributed by atoms with E-state index in [-0.39, 0.29) is 12.0 Å². The Morgan fingerprint density at radius 2 is 2.17 bits per heavy atom. The number of aryl methyl sites for hydroxylation is 1. The zero-order chi connectivity index (χ0) is 13.1. The average Bonchev–Trinajstić information content (AvgIpc) is 2.94. The summed E-state index contributed by atoms with van der Waals surface area (Å²) in [5, 5.41) is 8.37. The molecule has 0 aliphatic rings. The van der Waals surface area contributed by atoms with E-state index in [1.165, 1.54) is 4.88 Å². The second kappa shape index (κ2) is 5.58. The van der Waals surface area contributed by atoms with Gasteiger partial charge >= 0.3 is 0 Å². The molecule has 0 aromatic carbocycles. The number of hydrogen-bond acceptors (Lipinski definition) is 6. The lowest BCUT2D eigenvalue weighted by atomic mass is 10.2. The first-order chi connectivity index (χ1) is 8.56. The third-order valence-electron chi connectivity index (χ3n) is 2.55. The molecule has 0 amide bonds. The molecule has 0 aliphatic heterocycles. The summed E-state index contributed by atoms with van der Waals surface area (Å²) in [4.78, 5) is 9.90. The van der Waals surface area contributed by atoms with Gasteiger partial charge in [0.1, 0.15) is 5.01 Å². The predicted molar refractivity (Wildman–Crippen MR) is 70.5 cm³/mol. The molecule has 2 aromatic heterocycles. The second-order valence-electron chi connectivity index (χ2n) is 4.62. The lowest BCUT2D eigenvalue weighted by Gasteiger charge is -2.08. The normalized spacial score (nSPS) is 13.2. The van der Waals surface area contributed by atoms with E-state index in [9.17, 15) is 0 Å². The molecule has 1 N–H and O–H groups in total. The van der Waals surface area contributed by atoms with Crippen LogP contribution in [0.1, 0.15) is 54.3 Å². The van der Waals surface area contributed by atoms with Crippen molar-refractivity contribution in [2.24, 2.45) is 0 Å². The molecular formula is C12H18N4OS. The van der Waals surface area contributed by atoms with Gasteiger partial charge in [0.2, 0.25) is 5.89 Å². The van der Waals surface area contributed by atoms with Crippen molar-refractivity contribution in [1.29, 1.82) is 0 Å². The Hall–Kier alpha value is -1.27. The zero-order valence-corrected chi connectivity index (χ0v) is 11.9. The van der Waals surface area contributed by atoms with Crippen LogP contribution >= 0.6 is 11.3 Å². The Bertz CT molecular complexity index is 506. The highest BCUT2D eigenvalue weighted by Crippen LogP contribution is 2.19. The van der Waals surface area contributed by atoms with E-state index < -0.39 is 0 Å². The molecule has 18 heavy (non-hydrogen) atoms. The third kappa shape index (κ3) is 3.14.